The summed E-state index contributed by atoms with van der Waals surface area (Å²) < 4.78 is 35.4. The first-order valence-electron chi connectivity index (χ1n) is 28.1. The molecule has 20 heteroatoms. The molecule has 1 saturated carbocycles. The Labute approximate surface area is 467 Å². The Morgan fingerprint density at radius 1 is 0.938 bits per heavy atom. The fourth-order valence-corrected chi connectivity index (χ4v) is 12.8. The van der Waals surface area contributed by atoms with Crippen LogP contribution < -0.4 is 25.0 Å². The van der Waals surface area contributed by atoms with E-state index in [-0.39, 0.29) is 66.1 Å². The second-order valence-electron chi connectivity index (χ2n) is 22.5. The molecule has 6 aliphatic rings. The fraction of sp³-hybridized carbons (Fsp3) is 0.433. The van der Waals surface area contributed by atoms with E-state index in [1.54, 1.807) is 28.5 Å². The molecule has 4 saturated heterocycles. The number of piperazine rings is 1. The van der Waals surface area contributed by atoms with Crippen LogP contribution in [0.4, 0.5) is 10.2 Å². The number of hydrogen-bond acceptors (Lipinski definition) is 15. The molecule has 414 valence electrons. The zero-order valence-corrected chi connectivity index (χ0v) is 45.5. The Morgan fingerprint density at radius 3 is 2.45 bits per heavy atom. The van der Waals surface area contributed by atoms with Crippen molar-refractivity contribution in [3.8, 4) is 34.0 Å². The van der Waals surface area contributed by atoms with E-state index in [4.69, 9.17) is 35.8 Å². The van der Waals surface area contributed by atoms with Gasteiger partial charge in [0, 0.05) is 84.9 Å². The predicted octanol–water partition coefficient (Wildman–Crippen LogP) is 9.18. The summed E-state index contributed by atoms with van der Waals surface area (Å²) in [6.07, 6.45) is 10.6. The minimum absolute atomic E-state index is 0.0241. The third-order valence-electron chi connectivity index (χ3n) is 16.9. The van der Waals surface area contributed by atoms with Crippen molar-refractivity contribution >= 4 is 51.0 Å². The molecule has 80 heavy (non-hydrogen) atoms. The minimum atomic E-state index is -0.693. The first kappa shape index (κ1) is 52.1. The van der Waals surface area contributed by atoms with E-state index in [0.29, 0.717) is 91.3 Å². The van der Waals surface area contributed by atoms with Gasteiger partial charge in [-0.2, -0.15) is 20.2 Å². The van der Waals surface area contributed by atoms with Gasteiger partial charge in [0.25, 0.3) is 0 Å². The van der Waals surface area contributed by atoms with Crippen LogP contribution in [-0.2, 0) is 20.9 Å². The molecule has 0 spiro atoms. The number of pyridine rings is 1. The number of rotatable bonds is 17. The standard InChI is InChI=1S/C60H64ClFN12O6/c1-33(2)55(59(77)72-21-3-4-50(72)58(76)66-49(31-75)39-13-9-35(10-14-39)36-15-19-63-20-16-36)74-30-48(70-71-74)38-7-5-34(6-8-38)32-79-56-52(51-45-28-65-69-47(45)26-46(62)53(51)61)43(37-11-12-37)25-44-54(56)67-60(80-42-17-22-78-23-18-42)68-57(44)73-29-40-24-41(73)27-64-40/h5-10,13-16,19-20,25-26,28,33,37,40-42,48-50,55,64,75H,3-4,11-12,17-18,21-24,27,29-32H2,1-2H3,(H,65,69)(H,66,76). The average molecular weight is 1100 g/mol. The number of H-pyrrole nitrogens is 1. The number of aliphatic hydroxyl groups excluding tert-OH is 1. The van der Waals surface area contributed by atoms with Gasteiger partial charge in [-0.3, -0.25) is 24.7 Å². The molecule has 18 nitrogen and oxygen atoms in total. The summed E-state index contributed by atoms with van der Waals surface area (Å²) in [4.78, 5) is 47.1. The normalized spacial score (nSPS) is 21.8. The van der Waals surface area contributed by atoms with Gasteiger partial charge in [0.2, 0.25) is 11.8 Å². The maximum Gasteiger partial charge on any atom is 0.319 e. The lowest BCUT2D eigenvalue weighted by molar-refractivity contribution is -0.144. The molecular weight excluding hydrogens is 1040 g/mol. The number of halogens is 2. The van der Waals surface area contributed by atoms with Crippen molar-refractivity contribution < 1.29 is 33.3 Å². The molecule has 13 rings (SSSR count). The molecule has 1 aliphatic carbocycles. The van der Waals surface area contributed by atoms with Crippen molar-refractivity contribution in [3.05, 3.63) is 124 Å². The van der Waals surface area contributed by atoms with Gasteiger partial charge in [-0.15, -0.1) is 0 Å². The van der Waals surface area contributed by atoms with Crippen molar-refractivity contribution in [3.63, 3.8) is 0 Å². The molecule has 2 amide bonds. The van der Waals surface area contributed by atoms with Crippen LogP contribution in [0.3, 0.4) is 0 Å². The quantitative estimate of drug-likeness (QED) is 0.0672. The average Bonchev–Trinajstić information content (AvgIpc) is 3.98. The van der Waals surface area contributed by atoms with Crippen molar-refractivity contribution in [2.24, 2.45) is 16.3 Å². The van der Waals surface area contributed by atoms with Crippen LogP contribution >= 0.6 is 11.6 Å². The Morgan fingerprint density at radius 2 is 1.73 bits per heavy atom. The highest BCUT2D eigenvalue weighted by Gasteiger charge is 2.44. The zero-order chi connectivity index (χ0) is 54.6. The second-order valence-corrected chi connectivity index (χ2v) is 22.9. The van der Waals surface area contributed by atoms with Crippen LogP contribution in [0.5, 0.6) is 11.8 Å². The van der Waals surface area contributed by atoms with Crippen LogP contribution in [0.2, 0.25) is 5.02 Å². The largest absolute Gasteiger partial charge is 0.486 e. The lowest BCUT2D eigenvalue weighted by Gasteiger charge is -2.34. The lowest BCUT2D eigenvalue weighted by Crippen LogP contribution is -2.54. The summed E-state index contributed by atoms with van der Waals surface area (Å²) in [5, 5.41) is 36.9. The maximum atomic E-state index is 16.0. The lowest BCUT2D eigenvalue weighted by atomic mass is 9.91. The van der Waals surface area contributed by atoms with Gasteiger partial charge < -0.3 is 39.8 Å². The number of aliphatic hydroxyl groups is 1. The van der Waals surface area contributed by atoms with Crippen LogP contribution in [-0.4, -0.2) is 128 Å². The number of amides is 2. The second kappa shape index (κ2) is 22.0. The third-order valence-corrected chi connectivity index (χ3v) is 17.3. The summed E-state index contributed by atoms with van der Waals surface area (Å²) in [6.45, 7) is 7.44. The SMILES string of the molecule is CC(C)C(C(=O)N1CCCC1C(=O)NC(CO)c1ccc(-c2ccncc2)cc1)N1CC(c2ccc(COc3c(-c4c(Cl)c(F)cc5[nH]ncc45)c(C4CC4)cc4c(N5CC6CC5CN6)nc(OC5CCOCC5)nc34)cc2)N=N1. The topological polar surface area (TPSA) is 208 Å². The highest BCUT2D eigenvalue weighted by Crippen LogP contribution is 2.54. The number of nitrogens with zero attached hydrogens (tertiary/aromatic N) is 9. The molecule has 6 unspecified atom stereocenters. The highest BCUT2D eigenvalue weighted by molar-refractivity contribution is 6.35. The Bertz CT molecular complexity index is 3470. The molecule has 5 aliphatic heterocycles. The van der Waals surface area contributed by atoms with E-state index in [0.717, 1.165) is 76.9 Å². The van der Waals surface area contributed by atoms with Crippen molar-refractivity contribution in [2.75, 3.05) is 50.9 Å². The van der Waals surface area contributed by atoms with E-state index >= 15 is 4.39 Å². The molecule has 5 fully saturated rings. The predicted molar refractivity (Wildman–Crippen MR) is 300 cm³/mol. The molecule has 2 bridgehead atoms. The number of aromatic nitrogens is 5. The van der Waals surface area contributed by atoms with Crippen LogP contribution in [0.15, 0.2) is 102 Å². The van der Waals surface area contributed by atoms with Gasteiger partial charge in [0.05, 0.1) is 49.1 Å². The van der Waals surface area contributed by atoms with Gasteiger partial charge in [0.15, 0.2) is 5.75 Å². The third kappa shape index (κ3) is 10.1. The summed E-state index contributed by atoms with van der Waals surface area (Å²) >= 11 is 7.07. The number of benzene rings is 4. The van der Waals surface area contributed by atoms with Crippen molar-refractivity contribution in [2.45, 2.75) is 114 Å². The van der Waals surface area contributed by atoms with Crippen molar-refractivity contribution in [1.82, 2.24) is 45.7 Å². The number of nitrogens with one attached hydrogen (secondary N) is 3. The summed E-state index contributed by atoms with van der Waals surface area (Å²) in [6, 6.07) is 21.7. The Hall–Kier alpha value is -7.32. The van der Waals surface area contributed by atoms with Crippen LogP contribution in [0.25, 0.3) is 44.1 Å². The molecule has 4 N–H and O–H groups in total. The van der Waals surface area contributed by atoms with E-state index in [1.165, 1.54) is 6.07 Å². The number of fused-ring (bicyclic) bond motifs is 4. The fourth-order valence-electron chi connectivity index (χ4n) is 12.5. The molecule has 7 aromatic rings. The van der Waals surface area contributed by atoms with Gasteiger partial charge in [-0.25, -0.2) is 4.39 Å². The minimum Gasteiger partial charge on any atom is -0.486 e. The summed E-state index contributed by atoms with van der Waals surface area (Å²) in [5.74, 6) is 0.245. The molecule has 3 aromatic heterocycles. The van der Waals surface area contributed by atoms with Crippen LogP contribution in [0.1, 0.15) is 99.0 Å². The number of aromatic amines is 1. The molecular formula is C60H64ClFN12O6. The van der Waals surface area contributed by atoms with E-state index < -0.39 is 23.9 Å². The van der Waals surface area contributed by atoms with E-state index in [2.05, 4.69) is 47.1 Å². The number of hydrogen-bond donors (Lipinski definition) is 4. The van der Waals surface area contributed by atoms with Gasteiger partial charge in [0.1, 0.15) is 48.0 Å². The number of anilines is 1. The Kier molecular flexibility index (Phi) is 14.3. The maximum absolute atomic E-state index is 16.0. The van der Waals surface area contributed by atoms with Gasteiger partial charge in [-0.05, 0) is 95.5 Å². The van der Waals surface area contributed by atoms with E-state index in [9.17, 15) is 14.7 Å². The number of ether oxygens (including phenoxy) is 3. The number of carbonyl (C=O) groups is 2. The summed E-state index contributed by atoms with van der Waals surface area (Å²) in [7, 11) is 0. The molecule has 6 atom stereocenters. The van der Waals surface area contributed by atoms with Gasteiger partial charge >= 0.3 is 6.01 Å². The highest BCUT2D eigenvalue weighted by atomic mass is 35.5. The zero-order valence-electron chi connectivity index (χ0n) is 44.7. The smallest absolute Gasteiger partial charge is 0.319 e. The number of likely N-dealkylation sites (tertiary alicyclic amines) is 1. The monoisotopic (exact) mass is 1100 g/mol. The molecule has 0 radical (unpaired) electrons. The van der Waals surface area contributed by atoms with E-state index in [1.807, 2.05) is 74.5 Å². The number of carbonyl (C=O) groups excluding carboxylic acids is 2. The molecule has 4 aromatic carbocycles. The van der Waals surface area contributed by atoms with Gasteiger partial charge in [-0.1, -0.05) is 79.2 Å². The van der Waals surface area contributed by atoms with Crippen LogP contribution in [0, 0.1) is 11.7 Å². The first-order chi connectivity index (χ1) is 39.1. The summed E-state index contributed by atoms with van der Waals surface area (Å²) in [5.41, 5.74) is 7.79. The molecule has 8 heterocycles. The first-order valence-corrected chi connectivity index (χ1v) is 28.5. The van der Waals surface area contributed by atoms with Crippen molar-refractivity contribution in [1.29, 1.82) is 0 Å². The Balaban J connectivity index is 0.756.